The summed E-state index contributed by atoms with van der Waals surface area (Å²) in [7, 11) is 0. The number of nitrogens with two attached hydrogens (primary N) is 2. The van der Waals surface area contributed by atoms with Gasteiger partial charge in [0.15, 0.2) is 11.7 Å². The molecule has 2 rings (SSSR count). The monoisotopic (exact) mass is 307 g/mol. The van der Waals surface area contributed by atoms with Crippen LogP contribution < -0.4 is 16.8 Å². The molecule has 114 valence electrons. The summed E-state index contributed by atoms with van der Waals surface area (Å²) in [6.45, 7) is 7.50. The zero-order chi connectivity index (χ0) is 15.5. The average molecular weight is 307 g/mol. The van der Waals surface area contributed by atoms with E-state index in [1.165, 1.54) is 11.3 Å². The molecule has 0 amide bonds. The van der Waals surface area contributed by atoms with Gasteiger partial charge in [-0.25, -0.2) is 4.98 Å². The number of nitrogens with one attached hydrogen (secondary N) is 1. The molecule has 0 aromatic carbocycles. The molecule has 0 radical (unpaired) electrons. The number of rotatable bonds is 4. The molecule has 2 aromatic heterocycles. The minimum atomic E-state index is 0.140. The Kier molecular flexibility index (Phi) is 4.64. The van der Waals surface area contributed by atoms with E-state index in [1.807, 2.05) is 17.5 Å². The Hall–Kier alpha value is -1.86. The minimum absolute atomic E-state index is 0.140. The standard InChI is InChI=1S/C14H21N5OS/c1-14(2,3)8-17-12(16)19-13-18-10(7-21-13)11-5-4-9(6-15)20-11/h4-5,7H,6,8,15H2,1-3H3,(H3,16,17,18,19). The van der Waals surface area contributed by atoms with E-state index in [4.69, 9.17) is 15.9 Å². The van der Waals surface area contributed by atoms with Gasteiger partial charge in [-0.05, 0) is 17.5 Å². The van der Waals surface area contributed by atoms with Crippen molar-refractivity contribution >= 4 is 22.4 Å². The maximum atomic E-state index is 5.85. The summed E-state index contributed by atoms with van der Waals surface area (Å²) in [4.78, 5) is 8.65. The summed E-state index contributed by atoms with van der Waals surface area (Å²) in [6, 6.07) is 3.70. The molecule has 0 fully saturated rings. The molecule has 0 atom stereocenters. The second kappa shape index (κ2) is 6.28. The fourth-order valence-corrected chi connectivity index (χ4v) is 2.24. The number of hydrogen-bond donors (Lipinski definition) is 3. The van der Waals surface area contributed by atoms with Crippen molar-refractivity contribution in [2.75, 3.05) is 6.54 Å². The highest BCUT2D eigenvalue weighted by Crippen LogP contribution is 2.27. The van der Waals surface area contributed by atoms with Crippen molar-refractivity contribution in [3.8, 4) is 11.5 Å². The lowest BCUT2D eigenvalue weighted by molar-refractivity contribution is 0.408. The Labute approximate surface area is 128 Å². The van der Waals surface area contributed by atoms with Crippen LogP contribution in [-0.2, 0) is 6.54 Å². The van der Waals surface area contributed by atoms with E-state index in [0.29, 0.717) is 23.4 Å². The molecule has 0 spiro atoms. The average Bonchev–Trinajstić information content (AvgIpc) is 3.03. The highest BCUT2D eigenvalue weighted by Gasteiger charge is 2.11. The predicted molar refractivity (Wildman–Crippen MR) is 86.4 cm³/mol. The molecule has 0 unspecified atom stereocenters. The van der Waals surface area contributed by atoms with Crippen molar-refractivity contribution in [3.05, 3.63) is 23.3 Å². The number of thiazole rings is 1. The number of furan rings is 1. The topological polar surface area (TPSA) is 102 Å². The predicted octanol–water partition coefficient (Wildman–Crippen LogP) is 2.44. The number of hydrogen-bond acceptors (Lipinski definition) is 5. The van der Waals surface area contributed by atoms with Crippen LogP contribution >= 0.6 is 11.3 Å². The first-order valence-electron chi connectivity index (χ1n) is 6.70. The zero-order valence-corrected chi connectivity index (χ0v) is 13.3. The molecule has 21 heavy (non-hydrogen) atoms. The van der Waals surface area contributed by atoms with Crippen molar-refractivity contribution in [1.29, 1.82) is 0 Å². The Balaban J connectivity index is 2.05. The molecule has 2 aromatic rings. The smallest absolute Gasteiger partial charge is 0.212 e. The molecule has 0 aliphatic rings. The first kappa shape index (κ1) is 15.5. The molecule has 0 bridgehead atoms. The van der Waals surface area contributed by atoms with Crippen LogP contribution in [0.1, 0.15) is 26.5 Å². The molecule has 7 heteroatoms. The van der Waals surface area contributed by atoms with E-state index in [0.717, 1.165) is 18.0 Å². The minimum Gasteiger partial charge on any atom is -0.458 e. The molecule has 0 aliphatic carbocycles. The molecule has 5 N–H and O–H groups in total. The molecule has 2 heterocycles. The van der Waals surface area contributed by atoms with E-state index < -0.39 is 0 Å². The molecule has 0 aliphatic heterocycles. The van der Waals surface area contributed by atoms with Gasteiger partial charge < -0.3 is 21.2 Å². The van der Waals surface area contributed by atoms with Gasteiger partial charge in [-0.1, -0.05) is 20.8 Å². The van der Waals surface area contributed by atoms with Gasteiger partial charge in [0.25, 0.3) is 0 Å². The molecular weight excluding hydrogens is 286 g/mol. The van der Waals surface area contributed by atoms with Gasteiger partial charge in [0.05, 0.1) is 6.54 Å². The fraction of sp³-hybridized carbons (Fsp3) is 0.429. The second-order valence-electron chi connectivity index (χ2n) is 5.90. The van der Waals surface area contributed by atoms with E-state index in [2.05, 4.69) is 36.1 Å². The first-order chi connectivity index (χ1) is 9.87. The lowest BCUT2D eigenvalue weighted by Crippen LogP contribution is -2.37. The van der Waals surface area contributed by atoms with E-state index in [-0.39, 0.29) is 5.41 Å². The maximum absolute atomic E-state index is 5.85. The lowest BCUT2D eigenvalue weighted by Gasteiger charge is -2.18. The Morgan fingerprint density at radius 3 is 2.81 bits per heavy atom. The number of aromatic nitrogens is 1. The third kappa shape index (κ3) is 4.57. The summed E-state index contributed by atoms with van der Waals surface area (Å²) in [5.74, 6) is 1.79. The normalized spacial score (nSPS) is 12.7. The molecule has 0 saturated carbocycles. The van der Waals surface area contributed by atoms with Crippen molar-refractivity contribution < 1.29 is 4.42 Å². The highest BCUT2D eigenvalue weighted by atomic mass is 32.1. The second-order valence-corrected chi connectivity index (χ2v) is 6.73. The third-order valence-corrected chi connectivity index (χ3v) is 3.36. The Morgan fingerprint density at radius 2 is 2.19 bits per heavy atom. The Morgan fingerprint density at radius 1 is 1.43 bits per heavy atom. The lowest BCUT2D eigenvalue weighted by atomic mass is 9.97. The van der Waals surface area contributed by atoms with Gasteiger partial charge in [-0.15, -0.1) is 11.3 Å². The van der Waals surface area contributed by atoms with Crippen molar-refractivity contribution in [2.24, 2.45) is 21.9 Å². The van der Waals surface area contributed by atoms with Crippen LogP contribution in [0.3, 0.4) is 0 Å². The van der Waals surface area contributed by atoms with Crippen LogP contribution in [0.25, 0.3) is 11.5 Å². The molecule has 0 saturated heterocycles. The van der Waals surface area contributed by atoms with Crippen LogP contribution in [0.5, 0.6) is 0 Å². The summed E-state index contributed by atoms with van der Waals surface area (Å²) in [5, 5.41) is 5.56. The van der Waals surface area contributed by atoms with Gasteiger partial charge in [0.1, 0.15) is 11.5 Å². The zero-order valence-electron chi connectivity index (χ0n) is 12.5. The quantitative estimate of drug-likeness (QED) is 0.594. The van der Waals surface area contributed by atoms with Crippen LogP contribution in [0, 0.1) is 5.41 Å². The van der Waals surface area contributed by atoms with Crippen LogP contribution in [0.4, 0.5) is 5.13 Å². The number of aliphatic imine (C=N–C) groups is 1. The first-order valence-corrected chi connectivity index (χ1v) is 7.58. The molecule has 6 nitrogen and oxygen atoms in total. The van der Waals surface area contributed by atoms with Crippen LogP contribution in [0.2, 0.25) is 0 Å². The van der Waals surface area contributed by atoms with Crippen molar-refractivity contribution in [2.45, 2.75) is 27.3 Å². The largest absolute Gasteiger partial charge is 0.458 e. The molecular formula is C14H21N5OS. The van der Waals surface area contributed by atoms with Gasteiger partial charge in [-0.3, -0.25) is 0 Å². The third-order valence-electron chi connectivity index (χ3n) is 2.62. The Bertz CT molecular complexity index is 623. The maximum Gasteiger partial charge on any atom is 0.212 e. The number of nitrogens with zero attached hydrogens (tertiary/aromatic N) is 2. The summed E-state index contributed by atoms with van der Waals surface area (Å²) in [5.41, 5.74) is 12.3. The van der Waals surface area contributed by atoms with E-state index in [9.17, 15) is 0 Å². The summed E-state index contributed by atoms with van der Waals surface area (Å²) in [6.07, 6.45) is 0. The van der Waals surface area contributed by atoms with E-state index in [1.54, 1.807) is 0 Å². The van der Waals surface area contributed by atoms with Gasteiger partial charge >= 0.3 is 0 Å². The van der Waals surface area contributed by atoms with Crippen LogP contribution in [-0.4, -0.2) is 17.5 Å². The fourth-order valence-electron chi connectivity index (χ4n) is 1.55. The highest BCUT2D eigenvalue weighted by molar-refractivity contribution is 7.13. The summed E-state index contributed by atoms with van der Waals surface area (Å²) >= 11 is 1.41. The SMILES string of the molecule is CC(C)(C)CN/C(N)=N/c1nc(-c2ccc(CN)o2)cs1. The van der Waals surface area contributed by atoms with E-state index >= 15 is 0 Å². The summed E-state index contributed by atoms with van der Waals surface area (Å²) < 4.78 is 5.55. The van der Waals surface area contributed by atoms with Crippen LogP contribution in [0.15, 0.2) is 26.9 Å². The van der Waals surface area contributed by atoms with Gasteiger partial charge in [0, 0.05) is 11.9 Å². The van der Waals surface area contributed by atoms with Gasteiger partial charge in [0.2, 0.25) is 5.13 Å². The van der Waals surface area contributed by atoms with Gasteiger partial charge in [-0.2, -0.15) is 4.99 Å². The number of guanidine groups is 1. The van der Waals surface area contributed by atoms with Crippen molar-refractivity contribution in [3.63, 3.8) is 0 Å². The van der Waals surface area contributed by atoms with Crippen molar-refractivity contribution in [1.82, 2.24) is 10.3 Å².